The molecule has 0 radical (unpaired) electrons. The highest BCUT2D eigenvalue weighted by Gasteiger charge is 2.33. The molecule has 0 amide bonds. The molecule has 1 N–H and O–H groups in total. The van der Waals surface area contributed by atoms with Gasteiger partial charge in [0.25, 0.3) is 0 Å². The maximum Gasteiger partial charge on any atom is 0.208 e. The first-order valence-corrected chi connectivity index (χ1v) is 12.9. The normalized spacial score (nSPS) is 27.2. The van der Waals surface area contributed by atoms with Crippen molar-refractivity contribution in [2.24, 2.45) is 5.92 Å². The van der Waals surface area contributed by atoms with Gasteiger partial charge in [0.05, 0.1) is 19.0 Å². The van der Waals surface area contributed by atoms with Gasteiger partial charge in [0, 0.05) is 49.6 Å². The van der Waals surface area contributed by atoms with Crippen molar-refractivity contribution in [2.45, 2.75) is 50.2 Å². The highest BCUT2D eigenvalue weighted by atomic mass is 32.2. The molecular weight excluding hydrogens is 414 g/mol. The molecule has 31 heavy (non-hydrogen) atoms. The minimum Gasteiger partial charge on any atom is -0.378 e. The van der Waals surface area contributed by atoms with Gasteiger partial charge in [-0.2, -0.15) is 0 Å². The van der Waals surface area contributed by atoms with Crippen LogP contribution in [0.1, 0.15) is 43.8 Å². The molecule has 2 aromatic rings. The van der Waals surface area contributed by atoms with E-state index in [0.29, 0.717) is 12.5 Å². The lowest BCUT2D eigenvalue weighted by atomic mass is 9.86. The molecule has 9 heteroatoms. The first-order chi connectivity index (χ1) is 15.0. The molecule has 8 nitrogen and oxygen atoms in total. The fourth-order valence-electron chi connectivity index (χ4n) is 4.65. The Labute approximate surface area is 184 Å². The monoisotopic (exact) mass is 445 g/mol. The molecule has 4 rings (SSSR count). The van der Waals surface area contributed by atoms with Crippen LogP contribution in [0.5, 0.6) is 0 Å². The van der Waals surface area contributed by atoms with E-state index in [1.807, 2.05) is 24.3 Å². The van der Waals surface area contributed by atoms with Crippen molar-refractivity contribution in [3.05, 3.63) is 48.7 Å². The van der Waals surface area contributed by atoms with Crippen LogP contribution in [0.15, 0.2) is 42.9 Å². The Morgan fingerprint density at radius 1 is 1.03 bits per heavy atom. The van der Waals surface area contributed by atoms with Crippen LogP contribution < -0.4 is 9.62 Å². The summed E-state index contributed by atoms with van der Waals surface area (Å²) >= 11 is 0. The Hall–Kier alpha value is -2.10. The number of nitrogens with zero attached hydrogens (tertiary/aromatic N) is 4. The summed E-state index contributed by atoms with van der Waals surface area (Å²) in [6, 6.07) is 7.60. The lowest BCUT2D eigenvalue weighted by Crippen LogP contribution is -2.52. The molecule has 2 atom stereocenters. The quantitative estimate of drug-likeness (QED) is 0.699. The van der Waals surface area contributed by atoms with Crippen molar-refractivity contribution in [2.75, 3.05) is 30.9 Å². The number of sulfonamides is 1. The largest absolute Gasteiger partial charge is 0.378 e. The van der Waals surface area contributed by atoms with Gasteiger partial charge in [0.2, 0.25) is 10.0 Å². The highest BCUT2D eigenvalue weighted by Crippen LogP contribution is 2.33. The zero-order chi connectivity index (χ0) is 21.7. The van der Waals surface area contributed by atoms with Crippen molar-refractivity contribution < 1.29 is 13.2 Å². The van der Waals surface area contributed by atoms with E-state index in [9.17, 15) is 8.42 Å². The molecule has 2 aliphatic rings. The van der Waals surface area contributed by atoms with Crippen LogP contribution in [0.4, 0.5) is 5.82 Å². The van der Waals surface area contributed by atoms with Gasteiger partial charge in [0.1, 0.15) is 11.6 Å². The molecule has 0 unspecified atom stereocenters. The van der Waals surface area contributed by atoms with Crippen LogP contribution in [0.3, 0.4) is 0 Å². The average molecular weight is 446 g/mol. The number of anilines is 1. The minimum absolute atomic E-state index is 0.0701. The van der Waals surface area contributed by atoms with Crippen LogP contribution in [0.25, 0.3) is 0 Å². The third-order valence-corrected chi connectivity index (χ3v) is 6.97. The van der Waals surface area contributed by atoms with Gasteiger partial charge in [-0.25, -0.2) is 28.1 Å². The number of ether oxygens (including phenoxy) is 1. The standard InChI is InChI=1S/C22H31N5O3S/c1-31(28,29)26-20-10-14-27(21-5-2-3-11-23-21)15-18(20)16-30-19-8-6-17(7-9-19)22-24-12-4-13-25-22/h2-5,11-13,17-20,26H,6-10,14-16H2,1H3/t17-,18-,19+,20-/m0/s1. The molecule has 1 saturated heterocycles. The third kappa shape index (κ3) is 6.21. The lowest BCUT2D eigenvalue weighted by Gasteiger charge is -2.40. The minimum atomic E-state index is -3.27. The lowest BCUT2D eigenvalue weighted by molar-refractivity contribution is -0.00252. The van der Waals surface area contributed by atoms with E-state index in [0.717, 1.165) is 56.8 Å². The van der Waals surface area contributed by atoms with Crippen LogP contribution in [0, 0.1) is 5.92 Å². The van der Waals surface area contributed by atoms with Gasteiger partial charge in [-0.3, -0.25) is 0 Å². The Kier molecular flexibility index (Phi) is 7.14. The predicted molar refractivity (Wildman–Crippen MR) is 119 cm³/mol. The fraction of sp³-hybridized carbons (Fsp3) is 0.591. The van der Waals surface area contributed by atoms with Crippen LogP contribution in [-0.4, -0.2) is 61.5 Å². The summed E-state index contributed by atoms with van der Waals surface area (Å²) in [5.41, 5.74) is 0. The molecule has 2 aromatic heterocycles. The first kappa shape index (κ1) is 22.1. The van der Waals surface area contributed by atoms with Crippen molar-refractivity contribution >= 4 is 15.8 Å². The number of piperidine rings is 1. The number of pyridine rings is 1. The fourth-order valence-corrected chi connectivity index (χ4v) is 5.51. The Bertz CT molecular complexity index is 921. The number of nitrogens with one attached hydrogen (secondary N) is 1. The average Bonchev–Trinajstić information content (AvgIpc) is 2.79. The summed E-state index contributed by atoms with van der Waals surface area (Å²) in [6.45, 7) is 2.02. The summed E-state index contributed by atoms with van der Waals surface area (Å²) in [5.74, 6) is 2.32. The second kappa shape index (κ2) is 10.0. The zero-order valence-electron chi connectivity index (χ0n) is 17.9. The summed E-state index contributed by atoms with van der Waals surface area (Å²) in [4.78, 5) is 15.5. The number of aromatic nitrogens is 3. The van der Waals surface area contributed by atoms with Crippen molar-refractivity contribution in [1.29, 1.82) is 0 Å². The SMILES string of the molecule is CS(=O)(=O)N[C@H]1CCN(c2ccccn2)C[C@H]1CO[C@H]1CC[C@@H](c2ncccn2)CC1. The van der Waals surface area contributed by atoms with E-state index in [4.69, 9.17) is 4.74 Å². The van der Waals surface area contributed by atoms with Gasteiger partial charge >= 0.3 is 0 Å². The van der Waals surface area contributed by atoms with E-state index >= 15 is 0 Å². The second-order valence-electron chi connectivity index (χ2n) is 8.59. The molecular formula is C22H31N5O3S. The summed E-state index contributed by atoms with van der Waals surface area (Å²) in [6.07, 6.45) is 11.5. The Morgan fingerprint density at radius 2 is 1.77 bits per heavy atom. The van der Waals surface area contributed by atoms with Crippen LogP contribution in [0.2, 0.25) is 0 Å². The smallest absolute Gasteiger partial charge is 0.208 e. The maximum absolute atomic E-state index is 11.9. The number of rotatable bonds is 7. The number of hydrogen-bond acceptors (Lipinski definition) is 7. The zero-order valence-corrected chi connectivity index (χ0v) is 18.7. The first-order valence-electron chi connectivity index (χ1n) is 11.0. The molecule has 1 aliphatic heterocycles. The van der Waals surface area contributed by atoms with Gasteiger partial charge in [0.15, 0.2) is 0 Å². The molecule has 1 saturated carbocycles. The van der Waals surface area contributed by atoms with Crippen LogP contribution in [-0.2, 0) is 14.8 Å². The number of hydrogen-bond donors (Lipinski definition) is 1. The molecule has 3 heterocycles. The predicted octanol–water partition coefficient (Wildman–Crippen LogP) is 2.36. The second-order valence-corrected chi connectivity index (χ2v) is 10.4. The molecule has 2 fully saturated rings. The molecule has 0 bridgehead atoms. The molecule has 0 spiro atoms. The van der Waals surface area contributed by atoms with Crippen molar-refractivity contribution in [3.63, 3.8) is 0 Å². The summed E-state index contributed by atoms with van der Waals surface area (Å²) < 4.78 is 32.9. The van der Waals surface area contributed by atoms with E-state index in [1.54, 1.807) is 18.6 Å². The van der Waals surface area contributed by atoms with Gasteiger partial charge in [-0.05, 0) is 50.3 Å². The summed E-state index contributed by atoms with van der Waals surface area (Å²) in [7, 11) is -3.27. The Morgan fingerprint density at radius 3 is 2.45 bits per heavy atom. The van der Waals surface area contributed by atoms with Crippen molar-refractivity contribution in [1.82, 2.24) is 19.7 Å². The molecule has 1 aliphatic carbocycles. The van der Waals surface area contributed by atoms with Gasteiger partial charge in [-0.1, -0.05) is 6.07 Å². The van der Waals surface area contributed by atoms with Crippen molar-refractivity contribution in [3.8, 4) is 0 Å². The highest BCUT2D eigenvalue weighted by molar-refractivity contribution is 7.88. The van der Waals surface area contributed by atoms with E-state index in [-0.39, 0.29) is 18.1 Å². The van der Waals surface area contributed by atoms with Gasteiger partial charge < -0.3 is 9.64 Å². The van der Waals surface area contributed by atoms with Gasteiger partial charge in [-0.15, -0.1) is 0 Å². The third-order valence-electron chi connectivity index (χ3n) is 6.24. The summed E-state index contributed by atoms with van der Waals surface area (Å²) in [5, 5.41) is 0. The Balaban J connectivity index is 1.34. The maximum atomic E-state index is 11.9. The van der Waals surface area contributed by atoms with Crippen LogP contribution >= 0.6 is 0 Å². The topological polar surface area (TPSA) is 97.3 Å². The molecule has 0 aromatic carbocycles. The van der Waals surface area contributed by atoms with E-state index in [1.165, 1.54) is 6.26 Å². The van der Waals surface area contributed by atoms with E-state index in [2.05, 4.69) is 24.6 Å². The van der Waals surface area contributed by atoms with E-state index < -0.39 is 10.0 Å². The molecule has 168 valence electrons.